The quantitative estimate of drug-likeness (QED) is 0.603. The van der Waals surface area contributed by atoms with Crippen molar-refractivity contribution in [2.75, 3.05) is 25.1 Å². The van der Waals surface area contributed by atoms with Crippen LogP contribution in [-0.2, 0) is 13.0 Å². The Balaban J connectivity index is 0.00000192. The van der Waals surface area contributed by atoms with Crippen molar-refractivity contribution in [1.29, 1.82) is 0 Å². The van der Waals surface area contributed by atoms with Gasteiger partial charge >= 0.3 is 0 Å². The van der Waals surface area contributed by atoms with Gasteiger partial charge in [0, 0.05) is 41.7 Å². The molecular formula is C18H18ClN5O3S. The molecule has 2 aliphatic rings. The predicted molar refractivity (Wildman–Crippen MR) is 108 cm³/mol. The Hall–Kier alpha value is -2.62. The zero-order valence-corrected chi connectivity index (χ0v) is 16.4. The molecule has 10 heteroatoms. The lowest BCUT2D eigenvalue weighted by Gasteiger charge is -2.18. The fraction of sp³-hybridized carbons (Fsp3) is 0.278. The molecule has 146 valence electrons. The van der Waals surface area contributed by atoms with Crippen LogP contribution < -0.4 is 20.1 Å². The van der Waals surface area contributed by atoms with Crippen molar-refractivity contribution < 1.29 is 14.3 Å². The second-order valence-corrected chi connectivity index (χ2v) is 7.16. The second-order valence-electron chi connectivity index (χ2n) is 6.31. The monoisotopic (exact) mass is 419 g/mol. The van der Waals surface area contributed by atoms with Gasteiger partial charge in [-0.1, -0.05) is 0 Å². The van der Waals surface area contributed by atoms with E-state index in [0.29, 0.717) is 36.3 Å². The molecule has 0 radical (unpaired) electrons. The normalized spacial score (nSPS) is 14.7. The Kier molecular flexibility index (Phi) is 5.21. The van der Waals surface area contributed by atoms with E-state index >= 15 is 0 Å². The van der Waals surface area contributed by atoms with Crippen LogP contribution in [0.1, 0.15) is 21.7 Å². The molecule has 3 aromatic rings. The van der Waals surface area contributed by atoms with Crippen molar-refractivity contribution in [1.82, 2.24) is 20.5 Å². The van der Waals surface area contributed by atoms with E-state index in [0.717, 1.165) is 41.2 Å². The number of fused-ring (bicyclic) bond motifs is 2. The van der Waals surface area contributed by atoms with E-state index < -0.39 is 0 Å². The zero-order chi connectivity index (χ0) is 18.2. The first kappa shape index (κ1) is 18.7. The van der Waals surface area contributed by atoms with Gasteiger partial charge in [0.1, 0.15) is 13.2 Å². The van der Waals surface area contributed by atoms with Crippen LogP contribution in [0, 0.1) is 0 Å². The van der Waals surface area contributed by atoms with E-state index in [9.17, 15) is 4.79 Å². The maximum absolute atomic E-state index is 12.6. The van der Waals surface area contributed by atoms with Gasteiger partial charge < -0.3 is 14.8 Å². The van der Waals surface area contributed by atoms with Crippen molar-refractivity contribution in [3.63, 3.8) is 0 Å². The number of carbonyl (C=O) groups excluding carboxylic acids is 1. The number of carbonyl (C=O) groups is 1. The number of hydrogen-bond donors (Lipinski definition) is 3. The molecule has 28 heavy (non-hydrogen) atoms. The molecule has 0 bridgehead atoms. The molecule has 0 aliphatic carbocycles. The summed E-state index contributed by atoms with van der Waals surface area (Å²) < 4.78 is 11.2. The molecule has 0 fully saturated rings. The predicted octanol–water partition coefficient (Wildman–Crippen LogP) is 2.62. The van der Waals surface area contributed by atoms with Gasteiger partial charge in [-0.25, -0.2) is 4.98 Å². The fourth-order valence-electron chi connectivity index (χ4n) is 3.24. The van der Waals surface area contributed by atoms with Crippen LogP contribution in [0.5, 0.6) is 11.5 Å². The molecule has 1 aromatic carbocycles. The van der Waals surface area contributed by atoms with Crippen LogP contribution in [0.2, 0.25) is 0 Å². The van der Waals surface area contributed by atoms with Gasteiger partial charge in [-0.2, -0.15) is 5.10 Å². The van der Waals surface area contributed by atoms with Gasteiger partial charge in [0.05, 0.1) is 5.69 Å². The number of hydrogen-bond acceptors (Lipinski definition) is 7. The first-order valence-corrected chi connectivity index (χ1v) is 9.59. The van der Waals surface area contributed by atoms with Crippen LogP contribution in [0.25, 0.3) is 11.3 Å². The van der Waals surface area contributed by atoms with Gasteiger partial charge in [0.25, 0.3) is 5.91 Å². The van der Waals surface area contributed by atoms with Crippen molar-refractivity contribution in [2.45, 2.75) is 13.0 Å². The standard InChI is InChI=1S/C18H17N5O3S.ClH/c24-17(16-11-8-19-4-3-12(11)22-23-16)21-18-20-13(9-27-18)10-1-2-14-15(7-10)26-6-5-25-14;/h1-2,7,9,19H,3-6,8H2,(H,22,23)(H,20,21,24);1H. The maximum Gasteiger partial charge on any atom is 0.278 e. The summed E-state index contributed by atoms with van der Waals surface area (Å²) in [6.07, 6.45) is 0.848. The summed E-state index contributed by atoms with van der Waals surface area (Å²) in [6.45, 7) is 2.64. The molecule has 3 N–H and O–H groups in total. The van der Waals surface area contributed by atoms with Gasteiger partial charge in [0.2, 0.25) is 0 Å². The number of amides is 1. The Morgan fingerprint density at radius 1 is 1.21 bits per heavy atom. The second kappa shape index (κ2) is 7.78. The van der Waals surface area contributed by atoms with E-state index in [1.54, 1.807) is 0 Å². The Labute approximate surface area is 171 Å². The minimum absolute atomic E-state index is 0. The van der Waals surface area contributed by atoms with Crippen LogP contribution in [0.3, 0.4) is 0 Å². The number of halogens is 1. The lowest BCUT2D eigenvalue weighted by molar-refractivity contribution is 0.102. The SMILES string of the molecule is Cl.O=C(Nc1nc(-c2ccc3c(c2)OCCO3)cs1)c1n[nH]c2c1CNCC2. The largest absolute Gasteiger partial charge is 0.486 e. The van der Waals surface area contributed by atoms with E-state index in [1.807, 2.05) is 23.6 Å². The number of nitrogens with one attached hydrogen (secondary N) is 3. The summed E-state index contributed by atoms with van der Waals surface area (Å²) in [5.74, 6) is 1.21. The van der Waals surface area contributed by atoms with Crippen LogP contribution in [0.4, 0.5) is 5.13 Å². The molecule has 5 rings (SSSR count). The summed E-state index contributed by atoms with van der Waals surface area (Å²) in [6, 6.07) is 5.72. The molecule has 1 amide bonds. The van der Waals surface area contributed by atoms with Crippen molar-refractivity contribution in [2.24, 2.45) is 0 Å². The van der Waals surface area contributed by atoms with Gasteiger partial charge in [-0.05, 0) is 18.2 Å². The number of anilines is 1. The van der Waals surface area contributed by atoms with Crippen LogP contribution in [0.15, 0.2) is 23.6 Å². The Morgan fingerprint density at radius 3 is 2.96 bits per heavy atom. The number of aromatic nitrogens is 3. The number of H-pyrrole nitrogens is 1. The van der Waals surface area contributed by atoms with Gasteiger partial charge in [-0.15, -0.1) is 23.7 Å². The number of nitrogens with zero attached hydrogens (tertiary/aromatic N) is 2. The van der Waals surface area contributed by atoms with Crippen LogP contribution in [-0.4, -0.2) is 40.8 Å². The fourth-order valence-corrected chi connectivity index (χ4v) is 3.95. The number of aromatic amines is 1. The molecule has 8 nitrogen and oxygen atoms in total. The highest BCUT2D eigenvalue weighted by Crippen LogP contribution is 2.35. The number of rotatable bonds is 3. The summed E-state index contributed by atoms with van der Waals surface area (Å²) >= 11 is 1.38. The van der Waals surface area contributed by atoms with Crippen molar-refractivity contribution in [3.8, 4) is 22.8 Å². The molecule has 0 atom stereocenters. The lowest BCUT2D eigenvalue weighted by Crippen LogP contribution is -2.25. The zero-order valence-electron chi connectivity index (χ0n) is 14.8. The minimum Gasteiger partial charge on any atom is -0.486 e. The van der Waals surface area contributed by atoms with E-state index in [-0.39, 0.29) is 18.3 Å². The molecular weight excluding hydrogens is 402 g/mol. The van der Waals surface area contributed by atoms with E-state index in [4.69, 9.17) is 9.47 Å². The average molecular weight is 420 g/mol. The van der Waals surface area contributed by atoms with E-state index in [2.05, 4.69) is 25.8 Å². The molecule has 0 saturated heterocycles. The highest BCUT2D eigenvalue weighted by atomic mass is 35.5. The molecule has 0 spiro atoms. The average Bonchev–Trinajstić information content (AvgIpc) is 3.34. The Morgan fingerprint density at radius 2 is 2.07 bits per heavy atom. The number of benzene rings is 1. The van der Waals surface area contributed by atoms with Crippen molar-refractivity contribution in [3.05, 3.63) is 40.5 Å². The van der Waals surface area contributed by atoms with Crippen molar-refractivity contribution >= 4 is 34.8 Å². The topological polar surface area (TPSA) is 101 Å². The number of thiazole rings is 1. The smallest absolute Gasteiger partial charge is 0.278 e. The summed E-state index contributed by atoms with van der Waals surface area (Å²) in [7, 11) is 0. The highest BCUT2D eigenvalue weighted by Gasteiger charge is 2.22. The third kappa shape index (κ3) is 3.44. The highest BCUT2D eigenvalue weighted by molar-refractivity contribution is 7.14. The first-order chi connectivity index (χ1) is 13.3. The molecule has 4 heterocycles. The summed E-state index contributed by atoms with van der Waals surface area (Å²) in [5.41, 5.74) is 4.07. The molecule has 0 saturated carbocycles. The maximum atomic E-state index is 12.6. The molecule has 2 aliphatic heterocycles. The lowest BCUT2D eigenvalue weighted by atomic mass is 10.1. The minimum atomic E-state index is -0.251. The third-order valence-corrected chi connectivity index (χ3v) is 5.34. The van der Waals surface area contributed by atoms with E-state index in [1.165, 1.54) is 11.3 Å². The molecule has 2 aromatic heterocycles. The molecule has 0 unspecified atom stereocenters. The summed E-state index contributed by atoms with van der Waals surface area (Å²) in [5, 5.41) is 15.7. The van der Waals surface area contributed by atoms with Gasteiger partial charge in [0.15, 0.2) is 22.3 Å². The van der Waals surface area contributed by atoms with Gasteiger partial charge in [-0.3, -0.25) is 15.2 Å². The summed E-state index contributed by atoms with van der Waals surface area (Å²) in [4.78, 5) is 17.1. The van der Waals surface area contributed by atoms with Crippen LogP contribution >= 0.6 is 23.7 Å². The Bertz CT molecular complexity index is 1020. The third-order valence-electron chi connectivity index (χ3n) is 4.58. The number of ether oxygens (including phenoxy) is 2. The first-order valence-electron chi connectivity index (χ1n) is 8.71.